The number of anilines is 2. The van der Waals surface area contributed by atoms with Crippen LogP contribution in [-0.4, -0.2) is 22.6 Å². The summed E-state index contributed by atoms with van der Waals surface area (Å²) in [4.78, 5) is 29.2. The van der Waals surface area contributed by atoms with Crippen molar-refractivity contribution in [2.45, 2.75) is 17.7 Å². The summed E-state index contributed by atoms with van der Waals surface area (Å²) in [7, 11) is 0. The molecule has 0 spiro atoms. The highest BCUT2D eigenvalue weighted by Gasteiger charge is 2.10. The van der Waals surface area contributed by atoms with Gasteiger partial charge in [-0.3, -0.25) is 9.59 Å². The molecule has 0 atom stereocenters. The molecule has 0 fully saturated rings. The first kappa shape index (κ1) is 21.1. The van der Waals surface area contributed by atoms with Crippen molar-refractivity contribution in [2.75, 3.05) is 16.4 Å². The highest BCUT2D eigenvalue weighted by molar-refractivity contribution is 8.01. The number of hydrogen-bond acceptors (Lipinski definition) is 5. The number of nitrogens with zero attached hydrogens (tertiary/aromatic N) is 1. The van der Waals surface area contributed by atoms with E-state index in [2.05, 4.69) is 22.5 Å². The molecule has 0 saturated carbocycles. The fourth-order valence-corrected chi connectivity index (χ4v) is 4.89. The Bertz CT molecular complexity index is 1200. The minimum absolute atomic E-state index is 0.0654. The van der Waals surface area contributed by atoms with Crippen LogP contribution in [0.25, 0.3) is 10.2 Å². The van der Waals surface area contributed by atoms with E-state index in [0.717, 1.165) is 32.4 Å². The lowest BCUT2D eigenvalue weighted by atomic mass is 10.1. The van der Waals surface area contributed by atoms with Gasteiger partial charge in [0.1, 0.15) is 0 Å². The number of aromatic nitrogens is 1. The average molecular weight is 448 g/mol. The van der Waals surface area contributed by atoms with E-state index in [9.17, 15) is 9.59 Å². The van der Waals surface area contributed by atoms with E-state index in [1.54, 1.807) is 12.1 Å². The van der Waals surface area contributed by atoms with E-state index in [1.165, 1.54) is 28.7 Å². The smallest absolute Gasteiger partial charge is 0.255 e. The van der Waals surface area contributed by atoms with Gasteiger partial charge in [-0.15, -0.1) is 11.3 Å². The molecule has 0 aliphatic heterocycles. The van der Waals surface area contributed by atoms with E-state index in [4.69, 9.17) is 0 Å². The Labute approximate surface area is 188 Å². The average Bonchev–Trinajstić information content (AvgIpc) is 3.21. The molecule has 2 amide bonds. The standard InChI is InChI=1S/C24H21N3O2S2/c1-2-16-8-10-18(11-9-16)25-22(28)15-30-24-27-20-13-12-19(14-21(20)31-24)26-23(29)17-6-4-3-5-7-17/h3-14H,2,15H2,1H3,(H,25,28)(H,26,29). The second-order valence-electron chi connectivity index (χ2n) is 6.87. The van der Waals surface area contributed by atoms with E-state index >= 15 is 0 Å². The van der Waals surface area contributed by atoms with Crippen LogP contribution < -0.4 is 10.6 Å². The van der Waals surface area contributed by atoms with Crippen LogP contribution in [0.15, 0.2) is 77.1 Å². The number of fused-ring (bicyclic) bond motifs is 1. The topological polar surface area (TPSA) is 71.1 Å². The van der Waals surface area contributed by atoms with E-state index in [-0.39, 0.29) is 17.6 Å². The second-order valence-corrected chi connectivity index (χ2v) is 9.12. The molecule has 3 aromatic carbocycles. The monoisotopic (exact) mass is 447 g/mol. The molecular formula is C24H21N3O2S2. The Morgan fingerprint density at radius 3 is 2.42 bits per heavy atom. The number of aryl methyl sites for hydroxylation is 1. The van der Waals surface area contributed by atoms with Gasteiger partial charge in [0, 0.05) is 16.9 Å². The fourth-order valence-electron chi connectivity index (χ4n) is 2.98. The molecule has 4 aromatic rings. The number of carbonyl (C=O) groups excluding carboxylic acids is 2. The number of amides is 2. The molecule has 1 heterocycles. The molecule has 1 aromatic heterocycles. The van der Waals surface area contributed by atoms with Gasteiger partial charge >= 0.3 is 0 Å². The van der Waals surface area contributed by atoms with Crippen molar-refractivity contribution < 1.29 is 9.59 Å². The Kier molecular flexibility index (Phi) is 6.64. The molecule has 0 bridgehead atoms. The van der Waals surface area contributed by atoms with Crippen LogP contribution in [0.4, 0.5) is 11.4 Å². The van der Waals surface area contributed by atoms with Crippen LogP contribution in [0.3, 0.4) is 0 Å². The molecule has 31 heavy (non-hydrogen) atoms. The fraction of sp³-hybridized carbons (Fsp3) is 0.125. The van der Waals surface area contributed by atoms with Crippen molar-refractivity contribution in [2.24, 2.45) is 0 Å². The third-order valence-electron chi connectivity index (χ3n) is 4.64. The molecule has 0 unspecified atom stereocenters. The first-order chi connectivity index (χ1) is 15.1. The van der Waals surface area contributed by atoms with Gasteiger partial charge in [0.15, 0.2) is 4.34 Å². The molecule has 0 saturated heterocycles. The maximum atomic E-state index is 12.3. The Balaban J connectivity index is 1.36. The molecular weight excluding hydrogens is 426 g/mol. The van der Waals surface area contributed by atoms with Crippen molar-refractivity contribution in [3.8, 4) is 0 Å². The van der Waals surface area contributed by atoms with Crippen LogP contribution in [-0.2, 0) is 11.2 Å². The Morgan fingerprint density at radius 1 is 0.935 bits per heavy atom. The molecule has 156 valence electrons. The maximum absolute atomic E-state index is 12.3. The van der Waals surface area contributed by atoms with Crippen LogP contribution in [0.2, 0.25) is 0 Å². The number of carbonyl (C=O) groups is 2. The summed E-state index contributed by atoms with van der Waals surface area (Å²) in [6.45, 7) is 2.10. The first-order valence-electron chi connectivity index (χ1n) is 9.89. The van der Waals surface area contributed by atoms with Crippen molar-refractivity contribution >= 4 is 56.5 Å². The zero-order chi connectivity index (χ0) is 21.6. The molecule has 4 rings (SSSR count). The summed E-state index contributed by atoms with van der Waals surface area (Å²) in [6.07, 6.45) is 0.972. The molecule has 7 heteroatoms. The predicted octanol–water partition coefficient (Wildman–Crippen LogP) is 5.84. The van der Waals surface area contributed by atoms with Crippen LogP contribution >= 0.6 is 23.1 Å². The number of thioether (sulfide) groups is 1. The van der Waals surface area contributed by atoms with Crippen LogP contribution in [0.5, 0.6) is 0 Å². The minimum atomic E-state index is -0.150. The van der Waals surface area contributed by atoms with Gasteiger partial charge < -0.3 is 10.6 Å². The van der Waals surface area contributed by atoms with E-state index in [1.807, 2.05) is 60.7 Å². The van der Waals surface area contributed by atoms with Crippen molar-refractivity contribution in [1.82, 2.24) is 4.98 Å². The molecule has 0 radical (unpaired) electrons. The lowest BCUT2D eigenvalue weighted by Crippen LogP contribution is -2.13. The number of benzene rings is 3. The molecule has 0 aliphatic rings. The first-order valence-corrected chi connectivity index (χ1v) is 11.7. The number of nitrogens with one attached hydrogen (secondary N) is 2. The predicted molar refractivity (Wildman–Crippen MR) is 129 cm³/mol. The van der Waals surface area contributed by atoms with Gasteiger partial charge in [-0.1, -0.05) is 49.0 Å². The summed E-state index contributed by atoms with van der Waals surface area (Å²) in [5.74, 6) is 0.0690. The maximum Gasteiger partial charge on any atom is 0.255 e. The lowest BCUT2D eigenvalue weighted by molar-refractivity contribution is -0.113. The largest absolute Gasteiger partial charge is 0.325 e. The minimum Gasteiger partial charge on any atom is -0.325 e. The van der Waals surface area contributed by atoms with Crippen LogP contribution in [0.1, 0.15) is 22.8 Å². The van der Waals surface area contributed by atoms with Gasteiger partial charge in [-0.05, 0) is 54.4 Å². The van der Waals surface area contributed by atoms with Gasteiger partial charge in [-0.25, -0.2) is 4.98 Å². The quantitative estimate of drug-likeness (QED) is 0.349. The zero-order valence-corrected chi connectivity index (χ0v) is 18.6. The third kappa shape index (κ3) is 5.51. The molecule has 2 N–H and O–H groups in total. The Hall–Kier alpha value is -3.16. The summed E-state index contributed by atoms with van der Waals surface area (Å²) in [6, 6.07) is 22.6. The highest BCUT2D eigenvalue weighted by atomic mass is 32.2. The SMILES string of the molecule is CCc1ccc(NC(=O)CSc2nc3ccc(NC(=O)c4ccccc4)cc3s2)cc1. The summed E-state index contributed by atoms with van der Waals surface area (Å²) >= 11 is 2.91. The third-order valence-corrected chi connectivity index (χ3v) is 6.80. The van der Waals surface area contributed by atoms with Gasteiger partial charge in [0.2, 0.25) is 5.91 Å². The molecule has 5 nitrogen and oxygen atoms in total. The number of rotatable bonds is 7. The summed E-state index contributed by atoms with van der Waals surface area (Å²) in [5.41, 5.74) is 4.21. The number of thiazole rings is 1. The summed E-state index contributed by atoms with van der Waals surface area (Å²) < 4.78 is 1.78. The van der Waals surface area contributed by atoms with E-state index in [0.29, 0.717) is 5.56 Å². The lowest BCUT2D eigenvalue weighted by Gasteiger charge is -2.05. The normalized spacial score (nSPS) is 10.7. The Morgan fingerprint density at radius 2 is 1.68 bits per heavy atom. The van der Waals surface area contributed by atoms with Crippen molar-refractivity contribution in [1.29, 1.82) is 0 Å². The van der Waals surface area contributed by atoms with Crippen molar-refractivity contribution in [3.63, 3.8) is 0 Å². The molecule has 0 aliphatic carbocycles. The second kappa shape index (κ2) is 9.76. The van der Waals surface area contributed by atoms with Crippen LogP contribution in [0, 0.1) is 0 Å². The van der Waals surface area contributed by atoms with Crippen molar-refractivity contribution in [3.05, 3.63) is 83.9 Å². The highest BCUT2D eigenvalue weighted by Crippen LogP contribution is 2.31. The van der Waals surface area contributed by atoms with Gasteiger partial charge in [-0.2, -0.15) is 0 Å². The summed E-state index contributed by atoms with van der Waals surface area (Å²) in [5, 5.41) is 5.83. The van der Waals surface area contributed by atoms with E-state index < -0.39 is 0 Å². The zero-order valence-electron chi connectivity index (χ0n) is 16.9. The number of hydrogen-bond donors (Lipinski definition) is 2. The van der Waals surface area contributed by atoms with Gasteiger partial charge in [0.05, 0.1) is 16.0 Å². The van der Waals surface area contributed by atoms with Gasteiger partial charge in [0.25, 0.3) is 5.91 Å².